The van der Waals surface area contributed by atoms with Gasteiger partial charge in [-0.25, -0.2) is 13.1 Å². The van der Waals surface area contributed by atoms with Crippen LogP contribution in [0.15, 0.2) is 23.1 Å². The van der Waals surface area contributed by atoms with E-state index in [1.54, 1.807) is 12.1 Å². The number of nitrogens with one attached hydrogen (secondary N) is 2. The van der Waals surface area contributed by atoms with Crippen molar-refractivity contribution in [3.63, 3.8) is 0 Å². The van der Waals surface area contributed by atoms with Crippen molar-refractivity contribution in [1.29, 1.82) is 5.26 Å². The van der Waals surface area contributed by atoms with Gasteiger partial charge in [-0.15, -0.1) is 0 Å². The summed E-state index contributed by atoms with van der Waals surface area (Å²) in [5.41, 5.74) is 0.562. The van der Waals surface area contributed by atoms with E-state index >= 15 is 0 Å². The van der Waals surface area contributed by atoms with Crippen LogP contribution in [0, 0.1) is 15.0 Å². The van der Waals surface area contributed by atoms with Crippen LogP contribution < -0.4 is 10.0 Å². The number of aliphatic hydroxyl groups excluding tert-OH is 3. The topological polar surface area (TPSA) is 146 Å². The zero-order valence-corrected chi connectivity index (χ0v) is 17.5. The molecule has 3 atom stereocenters. The second-order valence-electron chi connectivity index (χ2n) is 6.33. The third-order valence-electron chi connectivity index (χ3n) is 4.27. The summed E-state index contributed by atoms with van der Waals surface area (Å²) in [7, 11) is -3.74. The number of rotatable bonds is 9. The smallest absolute Gasteiger partial charge is 0.242 e. The van der Waals surface area contributed by atoms with Gasteiger partial charge in [-0.2, -0.15) is 5.26 Å². The maximum absolute atomic E-state index is 12.7. The van der Waals surface area contributed by atoms with E-state index in [4.69, 9.17) is 10.4 Å². The van der Waals surface area contributed by atoms with Crippen molar-refractivity contribution >= 4 is 38.3 Å². The zero-order chi connectivity index (χ0) is 20.0. The molecule has 1 aliphatic rings. The van der Waals surface area contributed by atoms with Crippen LogP contribution in [0.4, 0.5) is 5.69 Å². The van der Waals surface area contributed by atoms with Gasteiger partial charge in [-0.05, 0) is 53.6 Å². The molecule has 1 aromatic rings. The number of anilines is 1. The number of nitrogens with zero attached hydrogens (tertiary/aromatic N) is 2. The Labute approximate surface area is 172 Å². The Bertz CT molecular complexity index is 786. The van der Waals surface area contributed by atoms with Crippen LogP contribution >= 0.6 is 22.6 Å². The van der Waals surface area contributed by atoms with Gasteiger partial charge in [0.2, 0.25) is 10.0 Å². The molecule has 1 aliphatic heterocycles. The Morgan fingerprint density at radius 2 is 2.11 bits per heavy atom. The van der Waals surface area contributed by atoms with Gasteiger partial charge in [-0.1, -0.05) is 0 Å². The van der Waals surface area contributed by atoms with Crippen molar-refractivity contribution in [2.75, 3.05) is 31.6 Å². The quantitative estimate of drug-likeness (QED) is 0.224. The van der Waals surface area contributed by atoms with Gasteiger partial charge in [0, 0.05) is 34.9 Å². The summed E-state index contributed by atoms with van der Waals surface area (Å²) in [5, 5.41) is 39.7. The van der Waals surface area contributed by atoms with E-state index in [1.807, 2.05) is 28.8 Å². The molecule has 1 aromatic carbocycles. The lowest BCUT2D eigenvalue weighted by molar-refractivity contribution is -0.0158. The van der Waals surface area contributed by atoms with Crippen molar-refractivity contribution in [3.8, 4) is 6.19 Å². The molecule has 150 valence electrons. The average Bonchev–Trinajstić information content (AvgIpc) is 3.08. The number of likely N-dealkylation sites (tertiary alicyclic amines) is 1. The fraction of sp³-hybridized carbons (Fsp3) is 0.562. The number of aliphatic hydroxyl groups is 3. The van der Waals surface area contributed by atoms with E-state index in [2.05, 4.69) is 10.0 Å². The van der Waals surface area contributed by atoms with E-state index in [0.717, 1.165) is 0 Å². The van der Waals surface area contributed by atoms with Gasteiger partial charge < -0.3 is 25.5 Å². The first-order valence-electron chi connectivity index (χ1n) is 8.44. The molecule has 27 heavy (non-hydrogen) atoms. The molecule has 0 spiro atoms. The molecule has 1 saturated heterocycles. The molecule has 0 unspecified atom stereocenters. The lowest BCUT2D eigenvalue weighted by Crippen LogP contribution is -2.36. The van der Waals surface area contributed by atoms with Crippen molar-refractivity contribution in [2.45, 2.75) is 36.0 Å². The number of nitriles is 1. The normalized spacial score (nSPS) is 19.5. The predicted molar refractivity (Wildman–Crippen MR) is 107 cm³/mol. The standard InChI is InChI=1S/C16H23IN4O5S/c17-13-2-1-11(19-5-3-14(23)15(24)9-22)7-16(13)27(25,26)20-12-4-6-21(8-12)10-18/h1-2,7,12,14-15,19-20,22-24H,3-6,8-9H2/t12-,14+,15-/m1/s1. The highest BCUT2D eigenvalue weighted by atomic mass is 127. The fourth-order valence-corrected chi connectivity index (χ4v) is 5.30. The minimum Gasteiger partial charge on any atom is -0.394 e. The molecule has 0 aromatic heterocycles. The summed E-state index contributed by atoms with van der Waals surface area (Å²) in [6.45, 7) is 0.661. The lowest BCUT2D eigenvalue weighted by atomic mass is 10.1. The molecule has 1 fully saturated rings. The first-order valence-corrected chi connectivity index (χ1v) is 11.0. The van der Waals surface area contributed by atoms with Crippen LogP contribution in [0.25, 0.3) is 0 Å². The van der Waals surface area contributed by atoms with Crippen LogP contribution in [0.5, 0.6) is 0 Å². The van der Waals surface area contributed by atoms with Gasteiger partial charge >= 0.3 is 0 Å². The first kappa shape index (κ1) is 22.1. The Morgan fingerprint density at radius 3 is 2.74 bits per heavy atom. The van der Waals surface area contributed by atoms with E-state index in [9.17, 15) is 18.6 Å². The minimum absolute atomic E-state index is 0.138. The molecule has 11 heteroatoms. The SMILES string of the molecule is N#CN1CC[C@@H](NS(=O)(=O)c2cc(NCC[C@H](O)[C@H](O)CO)ccc2I)C1. The molecule has 0 bridgehead atoms. The number of hydrogen-bond donors (Lipinski definition) is 5. The van der Waals surface area contributed by atoms with E-state index in [0.29, 0.717) is 35.3 Å². The minimum atomic E-state index is -3.74. The predicted octanol–water partition coefficient (Wildman–Crippen LogP) is -0.359. The highest BCUT2D eigenvalue weighted by Crippen LogP contribution is 2.23. The Hall–Kier alpha value is -1.17. The van der Waals surface area contributed by atoms with Gasteiger partial charge in [-0.3, -0.25) is 0 Å². The maximum atomic E-state index is 12.7. The lowest BCUT2D eigenvalue weighted by Gasteiger charge is -2.17. The van der Waals surface area contributed by atoms with Gasteiger partial charge in [0.1, 0.15) is 6.10 Å². The summed E-state index contributed by atoms with van der Waals surface area (Å²) in [6, 6.07) is 4.60. The van der Waals surface area contributed by atoms with Gasteiger partial charge in [0.25, 0.3) is 0 Å². The highest BCUT2D eigenvalue weighted by molar-refractivity contribution is 14.1. The second-order valence-corrected chi connectivity index (χ2v) is 9.18. The van der Waals surface area contributed by atoms with Crippen molar-refractivity contribution in [1.82, 2.24) is 9.62 Å². The molecular weight excluding hydrogens is 487 g/mol. The monoisotopic (exact) mass is 510 g/mol. The average molecular weight is 510 g/mol. The Kier molecular flexibility index (Phi) is 8.07. The summed E-state index contributed by atoms with van der Waals surface area (Å²) < 4.78 is 28.7. The van der Waals surface area contributed by atoms with Gasteiger partial charge in [0.15, 0.2) is 6.19 Å². The van der Waals surface area contributed by atoms with Crippen LogP contribution in [0.1, 0.15) is 12.8 Å². The number of benzene rings is 1. The van der Waals surface area contributed by atoms with Crippen LogP contribution in [0.3, 0.4) is 0 Å². The molecule has 0 saturated carbocycles. The molecule has 0 radical (unpaired) electrons. The van der Waals surface area contributed by atoms with Gasteiger partial charge in [0.05, 0.1) is 17.6 Å². The van der Waals surface area contributed by atoms with E-state index in [1.165, 1.54) is 11.0 Å². The third kappa shape index (κ3) is 6.16. The van der Waals surface area contributed by atoms with Crippen LogP contribution in [-0.2, 0) is 10.0 Å². The fourth-order valence-electron chi connectivity index (χ4n) is 2.73. The maximum Gasteiger partial charge on any atom is 0.242 e. The Morgan fingerprint density at radius 1 is 1.37 bits per heavy atom. The molecule has 1 heterocycles. The van der Waals surface area contributed by atoms with Crippen LogP contribution in [0.2, 0.25) is 0 Å². The summed E-state index contributed by atoms with van der Waals surface area (Å²) in [5.74, 6) is 0. The van der Waals surface area contributed by atoms with Crippen molar-refractivity contribution < 1.29 is 23.7 Å². The highest BCUT2D eigenvalue weighted by Gasteiger charge is 2.28. The number of hydrogen-bond acceptors (Lipinski definition) is 8. The molecular formula is C16H23IN4O5S. The first-order chi connectivity index (χ1) is 12.8. The molecule has 9 nitrogen and oxygen atoms in total. The molecule has 0 amide bonds. The molecule has 5 N–H and O–H groups in total. The molecule has 0 aliphatic carbocycles. The van der Waals surface area contributed by atoms with Crippen molar-refractivity contribution in [2.24, 2.45) is 0 Å². The second kappa shape index (κ2) is 9.85. The number of sulfonamides is 1. The third-order valence-corrected chi connectivity index (χ3v) is 7.14. The molecule has 2 rings (SSSR count). The van der Waals surface area contributed by atoms with Crippen LogP contribution in [-0.4, -0.2) is 73.1 Å². The Balaban J connectivity index is 2.02. The van der Waals surface area contributed by atoms with Crippen molar-refractivity contribution in [3.05, 3.63) is 21.8 Å². The summed E-state index contributed by atoms with van der Waals surface area (Å²) >= 11 is 1.95. The summed E-state index contributed by atoms with van der Waals surface area (Å²) in [4.78, 5) is 1.65. The van der Waals surface area contributed by atoms with E-state index < -0.39 is 28.8 Å². The largest absolute Gasteiger partial charge is 0.394 e. The van der Waals surface area contributed by atoms with E-state index in [-0.39, 0.29) is 17.4 Å². The summed E-state index contributed by atoms with van der Waals surface area (Å²) in [6.07, 6.45) is 0.514. The zero-order valence-electron chi connectivity index (χ0n) is 14.5. The number of halogens is 1.